The van der Waals surface area contributed by atoms with Crippen molar-refractivity contribution in [2.24, 2.45) is 0 Å². The normalized spacial score (nSPS) is 12.2. The summed E-state index contributed by atoms with van der Waals surface area (Å²) in [5, 5.41) is 3.38. The standard InChI is InChI=1S/C20H22N4O3S/c1-4-9-24-19(26)14-8-7-13(11-15(14)22-20(24)28)18(25)21-12-16(23(2)3)17-6-5-10-27-17/h4-8,10-11,16H,1,9,12H2,2-3H3,(H,21,25)(H,22,28). The van der Waals surface area contributed by atoms with E-state index in [0.717, 1.165) is 5.76 Å². The molecule has 0 aliphatic heterocycles. The van der Waals surface area contributed by atoms with Crippen LogP contribution in [0.1, 0.15) is 22.2 Å². The molecule has 0 radical (unpaired) electrons. The number of nitrogens with zero attached hydrogens (tertiary/aromatic N) is 2. The molecule has 3 rings (SSSR count). The smallest absolute Gasteiger partial charge is 0.262 e. The molecular weight excluding hydrogens is 376 g/mol. The van der Waals surface area contributed by atoms with E-state index in [1.807, 2.05) is 31.1 Å². The van der Waals surface area contributed by atoms with Crippen molar-refractivity contribution in [3.8, 4) is 0 Å². The van der Waals surface area contributed by atoms with E-state index in [1.165, 1.54) is 4.57 Å². The molecule has 8 heteroatoms. The number of furan rings is 1. The Morgan fingerprint density at radius 2 is 2.21 bits per heavy atom. The monoisotopic (exact) mass is 398 g/mol. The minimum absolute atomic E-state index is 0.0867. The number of aromatic nitrogens is 2. The topological polar surface area (TPSA) is 83.3 Å². The third-order valence-electron chi connectivity index (χ3n) is 4.51. The molecule has 0 saturated carbocycles. The van der Waals surface area contributed by atoms with Gasteiger partial charge in [-0.2, -0.15) is 0 Å². The number of amides is 1. The molecule has 2 N–H and O–H groups in total. The van der Waals surface area contributed by atoms with Crippen LogP contribution >= 0.6 is 12.2 Å². The lowest BCUT2D eigenvalue weighted by atomic mass is 10.1. The highest BCUT2D eigenvalue weighted by molar-refractivity contribution is 7.71. The molecule has 1 atom stereocenters. The summed E-state index contributed by atoms with van der Waals surface area (Å²) in [5.74, 6) is 0.533. The van der Waals surface area contributed by atoms with Crippen LogP contribution in [0, 0.1) is 4.77 Å². The van der Waals surface area contributed by atoms with Gasteiger partial charge in [0.25, 0.3) is 11.5 Å². The molecule has 0 spiro atoms. The zero-order chi connectivity index (χ0) is 20.3. The zero-order valence-corrected chi connectivity index (χ0v) is 16.6. The second kappa shape index (κ2) is 8.37. The van der Waals surface area contributed by atoms with Crippen molar-refractivity contribution in [2.75, 3.05) is 20.6 Å². The molecule has 28 heavy (non-hydrogen) atoms. The summed E-state index contributed by atoms with van der Waals surface area (Å²) in [4.78, 5) is 30.2. The average molecular weight is 398 g/mol. The predicted molar refractivity (Wildman–Crippen MR) is 111 cm³/mol. The van der Waals surface area contributed by atoms with Crippen LogP contribution in [0.4, 0.5) is 0 Å². The Kier molecular flexibility index (Phi) is 5.91. The van der Waals surface area contributed by atoms with Crippen LogP contribution in [0.5, 0.6) is 0 Å². The number of allylic oxidation sites excluding steroid dienone is 1. The van der Waals surface area contributed by atoms with Crippen LogP contribution in [0.2, 0.25) is 0 Å². The van der Waals surface area contributed by atoms with Crippen LogP contribution in [-0.2, 0) is 6.54 Å². The van der Waals surface area contributed by atoms with Gasteiger partial charge in [0.05, 0.1) is 23.2 Å². The third-order valence-corrected chi connectivity index (χ3v) is 4.83. The molecule has 3 aromatic rings. The fraction of sp³-hybridized carbons (Fsp3) is 0.250. The molecule has 1 unspecified atom stereocenters. The first-order chi connectivity index (χ1) is 13.4. The molecule has 7 nitrogen and oxygen atoms in total. The van der Waals surface area contributed by atoms with Gasteiger partial charge in [0.1, 0.15) is 5.76 Å². The van der Waals surface area contributed by atoms with Crippen molar-refractivity contribution >= 4 is 29.0 Å². The first-order valence-corrected chi connectivity index (χ1v) is 9.19. The molecule has 2 aromatic heterocycles. The number of hydrogen-bond acceptors (Lipinski definition) is 5. The van der Waals surface area contributed by atoms with Crippen molar-refractivity contribution < 1.29 is 9.21 Å². The number of benzene rings is 1. The van der Waals surface area contributed by atoms with Crippen molar-refractivity contribution in [3.63, 3.8) is 0 Å². The first-order valence-electron chi connectivity index (χ1n) is 8.78. The van der Waals surface area contributed by atoms with Crippen molar-refractivity contribution in [1.82, 2.24) is 19.8 Å². The van der Waals surface area contributed by atoms with Gasteiger partial charge in [-0.25, -0.2) is 0 Å². The van der Waals surface area contributed by atoms with E-state index in [2.05, 4.69) is 16.9 Å². The van der Waals surface area contributed by atoms with Crippen LogP contribution in [0.15, 0.2) is 58.5 Å². The molecule has 146 valence electrons. The first kappa shape index (κ1) is 19.8. The number of aromatic amines is 1. The van der Waals surface area contributed by atoms with Gasteiger partial charge >= 0.3 is 0 Å². The fourth-order valence-electron chi connectivity index (χ4n) is 3.00. The van der Waals surface area contributed by atoms with Gasteiger partial charge in [0, 0.05) is 18.7 Å². The Morgan fingerprint density at radius 3 is 2.86 bits per heavy atom. The summed E-state index contributed by atoms with van der Waals surface area (Å²) in [6, 6.07) is 8.51. The van der Waals surface area contributed by atoms with Gasteiger partial charge < -0.3 is 14.7 Å². The van der Waals surface area contributed by atoms with Gasteiger partial charge in [-0.05, 0) is 56.6 Å². The molecule has 1 amide bonds. The highest BCUT2D eigenvalue weighted by Crippen LogP contribution is 2.18. The molecule has 0 bridgehead atoms. The van der Waals surface area contributed by atoms with Crippen LogP contribution in [0.25, 0.3) is 10.9 Å². The maximum Gasteiger partial charge on any atom is 0.262 e. The Bertz CT molecular complexity index is 1110. The highest BCUT2D eigenvalue weighted by Gasteiger charge is 2.18. The Hall–Kier alpha value is -2.97. The van der Waals surface area contributed by atoms with Gasteiger partial charge in [0.15, 0.2) is 4.77 Å². The van der Waals surface area contributed by atoms with Gasteiger partial charge in [-0.3, -0.25) is 19.1 Å². The summed E-state index contributed by atoms with van der Waals surface area (Å²) >= 11 is 5.24. The number of rotatable bonds is 7. The zero-order valence-electron chi connectivity index (χ0n) is 15.8. The highest BCUT2D eigenvalue weighted by atomic mass is 32.1. The number of nitrogens with one attached hydrogen (secondary N) is 2. The lowest BCUT2D eigenvalue weighted by Gasteiger charge is -2.22. The summed E-state index contributed by atoms with van der Waals surface area (Å²) in [5.41, 5.74) is 0.755. The second-order valence-electron chi connectivity index (χ2n) is 6.60. The number of likely N-dealkylation sites (N-methyl/N-ethyl adjacent to an activating group) is 1. The molecular formula is C20H22N4O3S. The van der Waals surface area contributed by atoms with Crippen molar-refractivity contribution in [3.05, 3.63) is 75.7 Å². The van der Waals surface area contributed by atoms with E-state index in [0.29, 0.717) is 34.3 Å². The van der Waals surface area contributed by atoms with E-state index >= 15 is 0 Å². The van der Waals surface area contributed by atoms with E-state index in [4.69, 9.17) is 16.6 Å². The van der Waals surface area contributed by atoms with E-state index in [9.17, 15) is 9.59 Å². The minimum atomic E-state index is -0.241. The Balaban J connectivity index is 1.84. The number of hydrogen-bond donors (Lipinski definition) is 2. The Morgan fingerprint density at radius 1 is 1.43 bits per heavy atom. The van der Waals surface area contributed by atoms with E-state index in [1.54, 1.807) is 30.5 Å². The van der Waals surface area contributed by atoms with Crippen LogP contribution < -0.4 is 10.9 Å². The summed E-state index contributed by atoms with van der Waals surface area (Å²) < 4.78 is 7.17. The lowest BCUT2D eigenvalue weighted by molar-refractivity contribution is 0.0939. The van der Waals surface area contributed by atoms with Crippen molar-refractivity contribution in [2.45, 2.75) is 12.6 Å². The van der Waals surface area contributed by atoms with Gasteiger partial charge in [0.2, 0.25) is 0 Å². The molecule has 2 heterocycles. The van der Waals surface area contributed by atoms with Crippen LogP contribution in [-0.4, -0.2) is 41.0 Å². The summed E-state index contributed by atoms with van der Waals surface area (Å²) in [6.07, 6.45) is 3.22. The van der Waals surface area contributed by atoms with E-state index < -0.39 is 0 Å². The average Bonchev–Trinajstić information content (AvgIpc) is 3.18. The largest absolute Gasteiger partial charge is 0.468 e. The van der Waals surface area contributed by atoms with Gasteiger partial charge in [-0.1, -0.05) is 6.08 Å². The number of carbonyl (C=O) groups excluding carboxylic acids is 1. The maximum atomic E-state index is 12.6. The predicted octanol–water partition coefficient (Wildman–Crippen LogP) is 2.87. The van der Waals surface area contributed by atoms with Crippen molar-refractivity contribution in [1.29, 1.82) is 0 Å². The molecule has 0 aliphatic rings. The number of fused-ring (bicyclic) bond motifs is 1. The fourth-order valence-corrected chi connectivity index (χ4v) is 3.27. The maximum absolute atomic E-state index is 12.6. The molecule has 0 saturated heterocycles. The number of carbonyl (C=O) groups is 1. The van der Waals surface area contributed by atoms with E-state index in [-0.39, 0.29) is 17.5 Å². The summed E-state index contributed by atoms with van der Waals surface area (Å²) in [6.45, 7) is 4.35. The lowest BCUT2D eigenvalue weighted by Crippen LogP contribution is -2.34. The SMILES string of the molecule is C=CCn1c(=S)[nH]c2cc(C(=O)NCC(c3ccco3)N(C)C)ccc2c1=O. The van der Waals surface area contributed by atoms with Crippen LogP contribution in [0.3, 0.4) is 0 Å². The molecule has 0 aliphatic carbocycles. The quantitative estimate of drug-likeness (QED) is 0.472. The molecule has 0 fully saturated rings. The second-order valence-corrected chi connectivity index (χ2v) is 6.99. The summed E-state index contributed by atoms with van der Waals surface area (Å²) in [7, 11) is 3.84. The number of H-pyrrole nitrogens is 1. The third kappa shape index (κ3) is 3.97. The molecule has 1 aromatic carbocycles. The van der Waals surface area contributed by atoms with Gasteiger partial charge in [-0.15, -0.1) is 6.58 Å². The minimum Gasteiger partial charge on any atom is -0.468 e. The Labute approximate surface area is 167 Å².